The van der Waals surface area contributed by atoms with Gasteiger partial charge in [0.15, 0.2) is 23.3 Å². The van der Waals surface area contributed by atoms with Crippen LogP contribution in [-0.4, -0.2) is 44.6 Å². The van der Waals surface area contributed by atoms with Gasteiger partial charge in [-0.3, -0.25) is 9.47 Å². The fraction of sp³-hybridized carbons (Fsp3) is 0.364. The molecule has 3 aromatic rings. The molecule has 0 amide bonds. The van der Waals surface area contributed by atoms with Gasteiger partial charge >= 0.3 is 5.69 Å². The Labute approximate surface area is 182 Å². The molecule has 3 heterocycles. The van der Waals surface area contributed by atoms with E-state index in [0.717, 1.165) is 12.1 Å². The summed E-state index contributed by atoms with van der Waals surface area (Å²) < 4.78 is 41.9. The number of halogens is 3. The minimum Gasteiger partial charge on any atom is -0.349 e. The van der Waals surface area contributed by atoms with Gasteiger partial charge in [0.05, 0.1) is 5.52 Å². The van der Waals surface area contributed by atoms with E-state index in [0.29, 0.717) is 35.5 Å². The number of rotatable bonds is 3. The minimum absolute atomic E-state index is 0.0672. The van der Waals surface area contributed by atoms with Crippen molar-refractivity contribution in [2.24, 2.45) is 7.05 Å². The molecule has 2 atom stereocenters. The molecule has 1 aliphatic heterocycles. The van der Waals surface area contributed by atoms with Gasteiger partial charge in [0.2, 0.25) is 0 Å². The molecule has 0 aliphatic carbocycles. The number of fused-ring (bicyclic) bond motifs is 1. The maximum atomic E-state index is 13.6. The zero-order chi connectivity index (χ0) is 23.2. The molecule has 0 spiro atoms. The third-order valence-electron chi connectivity index (χ3n) is 5.87. The van der Waals surface area contributed by atoms with Gasteiger partial charge in [0.25, 0.3) is 0 Å². The van der Waals surface area contributed by atoms with Gasteiger partial charge in [0.1, 0.15) is 17.3 Å². The summed E-state index contributed by atoms with van der Waals surface area (Å²) >= 11 is 0. The van der Waals surface area contributed by atoms with Gasteiger partial charge < -0.3 is 4.90 Å². The highest BCUT2D eigenvalue weighted by molar-refractivity contribution is 5.86. The summed E-state index contributed by atoms with van der Waals surface area (Å²) in [5.41, 5.74) is 1.16. The molecule has 1 aromatic carbocycles. The molecule has 0 radical (unpaired) electrons. The van der Waals surface area contributed by atoms with Crippen LogP contribution in [0.5, 0.6) is 0 Å². The predicted octanol–water partition coefficient (Wildman–Crippen LogP) is 2.72. The van der Waals surface area contributed by atoms with Crippen molar-refractivity contribution in [1.82, 2.24) is 19.4 Å². The van der Waals surface area contributed by atoms with E-state index in [9.17, 15) is 23.2 Å². The molecule has 166 valence electrons. The van der Waals surface area contributed by atoms with Crippen molar-refractivity contribution in [3.63, 3.8) is 0 Å². The zero-order valence-corrected chi connectivity index (χ0v) is 17.8. The number of nitriles is 1. The van der Waals surface area contributed by atoms with Crippen molar-refractivity contribution >= 4 is 16.9 Å². The molecule has 0 saturated carbocycles. The fourth-order valence-electron chi connectivity index (χ4n) is 4.12. The summed E-state index contributed by atoms with van der Waals surface area (Å²) in [7, 11) is 1.60. The second kappa shape index (κ2) is 8.24. The predicted molar refractivity (Wildman–Crippen MR) is 112 cm³/mol. The van der Waals surface area contributed by atoms with Gasteiger partial charge in [-0.25, -0.2) is 22.9 Å². The SMILES string of the molecule is C[C@@H]1CN(c2nc(=O)n(C)c3ccc(C#N)nc23)[C@@H](C)CN1Cc1cc(F)c(F)c(F)c1. The van der Waals surface area contributed by atoms with Crippen molar-refractivity contribution < 1.29 is 13.2 Å². The lowest BCUT2D eigenvalue weighted by Gasteiger charge is -2.44. The molecule has 1 fully saturated rings. The Morgan fingerprint density at radius 2 is 1.78 bits per heavy atom. The van der Waals surface area contributed by atoms with Crippen LogP contribution in [-0.2, 0) is 13.6 Å². The van der Waals surface area contributed by atoms with Crippen molar-refractivity contribution in [2.45, 2.75) is 32.5 Å². The van der Waals surface area contributed by atoms with E-state index in [1.807, 2.05) is 29.7 Å². The summed E-state index contributed by atoms with van der Waals surface area (Å²) in [6.45, 7) is 5.13. The molecule has 0 unspecified atom stereocenters. The van der Waals surface area contributed by atoms with Crippen LogP contribution in [0, 0.1) is 28.8 Å². The van der Waals surface area contributed by atoms with Crippen LogP contribution in [0.25, 0.3) is 11.0 Å². The second-order valence-electron chi connectivity index (χ2n) is 8.11. The van der Waals surface area contributed by atoms with E-state index in [1.54, 1.807) is 19.2 Å². The summed E-state index contributed by atoms with van der Waals surface area (Å²) in [4.78, 5) is 25.1. The van der Waals surface area contributed by atoms with Crippen LogP contribution in [0.4, 0.5) is 19.0 Å². The standard InChI is InChI=1S/C22H21F3N6O/c1-12-10-31(13(2)9-30(12)11-14-6-16(23)19(25)17(24)7-14)21-20-18(29(3)22(32)28-21)5-4-15(8-26)27-20/h4-7,12-13H,9-11H2,1-3H3/t12-,13+/m1/s1. The fourth-order valence-corrected chi connectivity index (χ4v) is 4.12. The Morgan fingerprint density at radius 1 is 1.09 bits per heavy atom. The van der Waals surface area contributed by atoms with Crippen molar-refractivity contribution in [1.29, 1.82) is 5.26 Å². The number of anilines is 1. The van der Waals surface area contributed by atoms with Crippen molar-refractivity contribution in [2.75, 3.05) is 18.0 Å². The maximum Gasteiger partial charge on any atom is 0.349 e. The molecular formula is C22H21F3N6O. The van der Waals surface area contributed by atoms with Crippen molar-refractivity contribution in [3.8, 4) is 6.07 Å². The van der Waals surface area contributed by atoms with Gasteiger partial charge in [-0.2, -0.15) is 10.2 Å². The monoisotopic (exact) mass is 442 g/mol. The van der Waals surface area contributed by atoms with Crippen LogP contribution < -0.4 is 10.6 Å². The van der Waals surface area contributed by atoms with Gasteiger partial charge in [-0.05, 0) is 43.7 Å². The molecule has 10 heteroatoms. The summed E-state index contributed by atoms with van der Waals surface area (Å²) in [6, 6.07) is 7.07. The molecule has 0 N–H and O–H groups in total. The Morgan fingerprint density at radius 3 is 2.44 bits per heavy atom. The third-order valence-corrected chi connectivity index (χ3v) is 5.87. The lowest BCUT2D eigenvalue weighted by Crippen LogP contribution is -2.56. The van der Waals surface area contributed by atoms with E-state index in [1.165, 1.54) is 4.57 Å². The maximum absolute atomic E-state index is 13.6. The highest BCUT2D eigenvalue weighted by Gasteiger charge is 2.32. The number of pyridine rings is 1. The molecular weight excluding hydrogens is 421 g/mol. The minimum atomic E-state index is -1.48. The van der Waals surface area contributed by atoms with E-state index in [-0.39, 0.29) is 24.3 Å². The first-order chi connectivity index (χ1) is 15.2. The van der Waals surface area contributed by atoms with Crippen LogP contribution >= 0.6 is 0 Å². The summed E-state index contributed by atoms with van der Waals surface area (Å²) in [5.74, 6) is -3.50. The van der Waals surface area contributed by atoms with Crippen LogP contribution in [0.2, 0.25) is 0 Å². The second-order valence-corrected chi connectivity index (χ2v) is 8.11. The van der Waals surface area contributed by atoms with E-state index in [4.69, 9.17) is 0 Å². The van der Waals surface area contributed by atoms with Gasteiger partial charge in [0, 0.05) is 38.8 Å². The Kier molecular flexibility index (Phi) is 5.60. The van der Waals surface area contributed by atoms with E-state index >= 15 is 0 Å². The molecule has 4 rings (SSSR count). The zero-order valence-electron chi connectivity index (χ0n) is 17.8. The number of benzene rings is 1. The number of aryl methyl sites for hydroxylation is 1. The Hall–Kier alpha value is -3.45. The molecule has 0 bridgehead atoms. The topological polar surface area (TPSA) is 78.0 Å². The van der Waals surface area contributed by atoms with Crippen LogP contribution in [0.1, 0.15) is 25.1 Å². The van der Waals surface area contributed by atoms with Crippen molar-refractivity contribution in [3.05, 3.63) is 63.5 Å². The first-order valence-electron chi connectivity index (χ1n) is 10.1. The highest BCUT2D eigenvalue weighted by Crippen LogP contribution is 2.28. The van der Waals surface area contributed by atoms with E-state index in [2.05, 4.69) is 9.97 Å². The smallest absolute Gasteiger partial charge is 0.349 e. The molecule has 1 saturated heterocycles. The molecule has 2 aromatic heterocycles. The van der Waals surface area contributed by atoms with Gasteiger partial charge in [-0.15, -0.1) is 0 Å². The lowest BCUT2D eigenvalue weighted by molar-refractivity contribution is 0.157. The van der Waals surface area contributed by atoms with E-state index < -0.39 is 23.1 Å². The average molecular weight is 442 g/mol. The van der Waals surface area contributed by atoms with Gasteiger partial charge in [-0.1, -0.05) is 0 Å². The average Bonchev–Trinajstić information content (AvgIpc) is 2.76. The number of piperazine rings is 1. The number of hydrogen-bond acceptors (Lipinski definition) is 6. The normalized spacial score (nSPS) is 19.3. The summed E-state index contributed by atoms with van der Waals surface area (Å²) in [6.07, 6.45) is 0. The van der Waals surface area contributed by atoms with Crippen LogP contribution in [0.15, 0.2) is 29.1 Å². The largest absolute Gasteiger partial charge is 0.349 e. The molecule has 1 aliphatic rings. The number of nitrogens with zero attached hydrogens (tertiary/aromatic N) is 6. The number of hydrogen-bond donors (Lipinski definition) is 0. The molecule has 7 nitrogen and oxygen atoms in total. The number of aromatic nitrogens is 3. The quantitative estimate of drug-likeness (QED) is 0.581. The van der Waals surface area contributed by atoms with Crippen LogP contribution in [0.3, 0.4) is 0 Å². The lowest BCUT2D eigenvalue weighted by atomic mass is 10.1. The first kappa shape index (κ1) is 21.8. The summed E-state index contributed by atoms with van der Waals surface area (Å²) in [5, 5.41) is 9.25. The third kappa shape index (κ3) is 3.80. The Bertz CT molecular complexity index is 1280. The molecule has 32 heavy (non-hydrogen) atoms. The highest BCUT2D eigenvalue weighted by atomic mass is 19.2. The first-order valence-corrected chi connectivity index (χ1v) is 10.1. The Balaban J connectivity index is 1.66.